The number of aryl methyl sites for hydroxylation is 1. The first-order chi connectivity index (χ1) is 13.0. The standard InChI is InChI=1S/C19H20N4O3S/c20-14-17-5-1-2-6-18(17)27(25,26)23-12-10-22(11-13-23)19(24)8-7-16-4-3-9-21-15-16/h1-6,9,15H,7-8,10-13H2. The maximum Gasteiger partial charge on any atom is 0.244 e. The molecule has 2 aromatic rings. The molecule has 1 amide bonds. The fourth-order valence-corrected chi connectivity index (χ4v) is 4.62. The highest BCUT2D eigenvalue weighted by Gasteiger charge is 2.31. The van der Waals surface area contributed by atoms with Crippen molar-refractivity contribution in [3.05, 3.63) is 59.9 Å². The minimum atomic E-state index is -3.74. The van der Waals surface area contributed by atoms with E-state index in [2.05, 4.69) is 4.98 Å². The fourth-order valence-electron chi connectivity index (χ4n) is 3.06. The zero-order valence-electron chi connectivity index (χ0n) is 14.8. The molecule has 0 radical (unpaired) electrons. The summed E-state index contributed by atoms with van der Waals surface area (Å²) < 4.78 is 27.0. The molecule has 1 fully saturated rings. The normalized spacial score (nSPS) is 15.3. The second-order valence-corrected chi connectivity index (χ2v) is 8.16. The van der Waals surface area contributed by atoms with Crippen molar-refractivity contribution in [1.82, 2.24) is 14.2 Å². The van der Waals surface area contributed by atoms with Gasteiger partial charge in [0, 0.05) is 45.0 Å². The van der Waals surface area contributed by atoms with Crippen molar-refractivity contribution in [3.8, 4) is 6.07 Å². The number of pyridine rings is 1. The summed E-state index contributed by atoms with van der Waals surface area (Å²) in [7, 11) is -3.74. The molecular weight excluding hydrogens is 364 g/mol. The molecule has 0 atom stereocenters. The SMILES string of the molecule is N#Cc1ccccc1S(=O)(=O)N1CCN(C(=O)CCc2cccnc2)CC1. The Morgan fingerprint density at radius 1 is 1.11 bits per heavy atom. The zero-order valence-corrected chi connectivity index (χ0v) is 15.6. The minimum absolute atomic E-state index is 0.00771. The van der Waals surface area contributed by atoms with Gasteiger partial charge < -0.3 is 4.90 Å². The van der Waals surface area contributed by atoms with Gasteiger partial charge in [0.2, 0.25) is 15.9 Å². The van der Waals surface area contributed by atoms with E-state index < -0.39 is 10.0 Å². The van der Waals surface area contributed by atoms with Crippen molar-refractivity contribution in [3.63, 3.8) is 0 Å². The Hall–Kier alpha value is -2.76. The minimum Gasteiger partial charge on any atom is -0.340 e. The second kappa shape index (κ2) is 8.29. The van der Waals surface area contributed by atoms with Gasteiger partial charge in [-0.15, -0.1) is 0 Å². The van der Waals surface area contributed by atoms with Crippen molar-refractivity contribution in [2.75, 3.05) is 26.2 Å². The highest BCUT2D eigenvalue weighted by molar-refractivity contribution is 7.89. The number of nitriles is 1. The Bertz CT molecular complexity index is 946. The Labute approximate surface area is 158 Å². The molecule has 0 unspecified atom stereocenters. The average Bonchev–Trinajstić information content (AvgIpc) is 2.72. The van der Waals surface area contributed by atoms with E-state index in [0.29, 0.717) is 25.9 Å². The third kappa shape index (κ3) is 4.32. The molecule has 1 aromatic heterocycles. The summed E-state index contributed by atoms with van der Waals surface area (Å²) in [6, 6.07) is 11.9. The molecule has 140 valence electrons. The number of benzene rings is 1. The second-order valence-electron chi connectivity index (χ2n) is 6.25. The molecule has 0 bridgehead atoms. The Kier molecular flexibility index (Phi) is 5.84. The predicted molar refractivity (Wildman–Crippen MR) is 99.1 cm³/mol. The summed E-state index contributed by atoms with van der Waals surface area (Å²) in [6.07, 6.45) is 4.41. The largest absolute Gasteiger partial charge is 0.340 e. The van der Waals surface area contributed by atoms with Gasteiger partial charge in [-0.1, -0.05) is 18.2 Å². The molecule has 8 heteroatoms. The van der Waals surface area contributed by atoms with Gasteiger partial charge in [-0.25, -0.2) is 8.42 Å². The summed E-state index contributed by atoms with van der Waals surface area (Å²) in [6.45, 7) is 1.14. The average molecular weight is 384 g/mol. The summed E-state index contributed by atoms with van der Waals surface area (Å²) in [5.74, 6) is 0.00771. The van der Waals surface area contributed by atoms with Crippen LogP contribution in [0.5, 0.6) is 0 Å². The topological polar surface area (TPSA) is 94.4 Å². The maximum atomic E-state index is 12.8. The molecule has 1 aliphatic heterocycles. The molecule has 1 aliphatic rings. The lowest BCUT2D eigenvalue weighted by atomic mass is 10.1. The number of rotatable bonds is 5. The van der Waals surface area contributed by atoms with Crippen LogP contribution in [0.25, 0.3) is 0 Å². The zero-order chi connectivity index (χ0) is 19.3. The van der Waals surface area contributed by atoms with E-state index in [4.69, 9.17) is 5.26 Å². The molecule has 0 spiro atoms. The van der Waals surface area contributed by atoms with Crippen LogP contribution in [0.1, 0.15) is 17.5 Å². The van der Waals surface area contributed by atoms with E-state index in [1.165, 1.54) is 16.4 Å². The van der Waals surface area contributed by atoms with E-state index in [1.807, 2.05) is 18.2 Å². The van der Waals surface area contributed by atoms with Crippen molar-refractivity contribution >= 4 is 15.9 Å². The Morgan fingerprint density at radius 2 is 1.85 bits per heavy atom. The highest BCUT2D eigenvalue weighted by atomic mass is 32.2. The van der Waals surface area contributed by atoms with Gasteiger partial charge in [0.05, 0.1) is 10.5 Å². The monoisotopic (exact) mass is 384 g/mol. The number of aromatic nitrogens is 1. The van der Waals surface area contributed by atoms with Crippen LogP contribution in [0.4, 0.5) is 0 Å². The van der Waals surface area contributed by atoms with E-state index >= 15 is 0 Å². The van der Waals surface area contributed by atoms with Gasteiger partial charge in [-0.2, -0.15) is 9.57 Å². The van der Waals surface area contributed by atoms with Crippen LogP contribution in [0.2, 0.25) is 0 Å². The molecule has 7 nitrogen and oxygen atoms in total. The number of amides is 1. The van der Waals surface area contributed by atoms with E-state index in [1.54, 1.807) is 29.4 Å². The number of nitrogens with zero attached hydrogens (tertiary/aromatic N) is 4. The number of piperazine rings is 1. The van der Waals surface area contributed by atoms with Crippen LogP contribution in [-0.4, -0.2) is 54.7 Å². The third-order valence-corrected chi connectivity index (χ3v) is 6.52. The lowest BCUT2D eigenvalue weighted by Crippen LogP contribution is -2.50. The van der Waals surface area contributed by atoms with Gasteiger partial charge in [0.25, 0.3) is 0 Å². The van der Waals surface area contributed by atoms with Crippen molar-refractivity contribution in [1.29, 1.82) is 5.26 Å². The van der Waals surface area contributed by atoms with E-state index in [0.717, 1.165) is 5.56 Å². The first-order valence-electron chi connectivity index (χ1n) is 8.68. The van der Waals surface area contributed by atoms with Gasteiger partial charge in [-0.3, -0.25) is 9.78 Å². The lowest BCUT2D eigenvalue weighted by Gasteiger charge is -2.34. The van der Waals surface area contributed by atoms with Crippen molar-refractivity contribution < 1.29 is 13.2 Å². The van der Waals surface area contributed by atoms with E-state index in [9.17, 15) is 13.2 Å². The molecule has 1 aromatic carbocycles. The number of sulfonamides is 1. The van der Waals surface area contributed by atoms with Gasteiger partial charge in [0.1, 0.15) is 6.07 Å². The maximum absolute atomic E-state index is 12.8. The van der Waals surface area contributed by atoms with Crippen LogP contribution in [0.3, 0.4) is 0 Å². The molecule has 1 saturated heterocycles. The summed E-state index contributed by atoms with van der Waals surface area (Å²) in [4.78, 5) is 18.1. The van der Waals surface area contributed by atoms with Crippen LogP contribution in [0.15, 0.2) is 53.7 Å². The number of carbonyl (C=O) groups is 1. The van der Waals surface area contributed by atoms with E-state index in [-0.39, 0.29) is 29.5 Å². The molecule has 0 N–H and O–H groups in total. The Balaban J connectivity index is 1.60. The molecule has 0 aliphatic carbocycles. The van der Waals surface area contributed by atoms with Gasteiger partial charge in [-0.05, 0) is 30.2 Å². The number of hydrogen-bond acceptors (Lipinski definition) is 5. The Morgan fingerprint density at radius 3 is 2.52 bits per heavy atom. The first kappa shape index (κ1) is 19.0. The third-order valence-electron chi connectivity index (χ3n) is 4.57. The van der Waals surface area contributed by atoms with Crippen LogP contribution >= 0.6 is 0 Å². The molecule has 3 rings (SSSR count). The number of carbonyl (C=O) groups excluding carboxylic acids is 1. The summed E-state index contributed by atoms with van der Waals surface area (Å²) in [5.41, 5.74) is 1.13. The highest BCUT2D eigenvalue weighted by Crippen LogP contribution is 2.21. The van der Waals surface area contributed by atoms with Gasteiger partial charge in [0.15, 0.2) is 0 Å². The first-order valence-corrected chi connectivity index (χ1v) is 10.1. The quantitative estimate of drug-likeness (QED) is 0.777. The van der Waals surface area contributed by atoms with Crippen LogP contribution in [-0.2, 0) is 21.2 Å². The smallest absolute Gasteiger partial charge is 0.244 e. The molecule has 2 heterocycles. The lowest BCUT2D eigenvalue weighted by molar-refractivity contribution is -0.132. The van der Waals surface area contributed by atoms with Gasteiger partial charge >= 0.3 is 0 Å². The number of hydrogen-bond donors (Lipinski definition) is 0. The summed E-state index contributed by atoms with van der Waals surface area (Å²) in [5, 5.41) is 9.16. The molecular formula is C19H20N4O3S. The molecule has 27 heavy (non-hydrogen) atoms. The van der Waals surface area contributed by atoms with Crippen molar-refractivity contribution in [2.45, 2.75) is 17.7 Å². The summed E-state index contributed by atoms with van der Waals surface area (Å²) >= 11 is 0. The van der Waals surface area contributed by atoms with Crippen LogP contribution in [0, 0.1) is 11.3 Å². The fraction of sp³-hybridized carbons (Fsp3) is 0.316. The predicted octanol–water partition coefficient (Wildman–Crippen LogP) is 1.42. The van der Waals surface area contributed by atoms with Crippen molar-refractivity contribution in [2.24, 2.45) is 0 Å². The molecule has 0 saturated carbocycles. The van der Waals surface area contributed by atoms with Crippen LogP contribution < -0.4 is 0 Å².